The zero-order chi connectivity index (χ0) is 21.6. The number of carbonyl (C=O) groups is 1. The van der Waals surface area contributed by atoms with Crippen molar-refractivity contribution in [2.45, 2.75) is 11.4 Å². The van der Waals surface area contributed by atoms with E-state index in [0.717, 1.165) is 4.31 Å². The highest BCUT2D eigenvalue weighted by atomic mass is 35.5. The fourth-order valence-corrected chi connectivity index (χ4v) is 4.39. The molecular weight excluding hydrogens is 424 g/mol. The lowest BCUT2D eigenvalue weighted by Gasteiger charge is -2.22. The highest BCUT2D eigenvalue weighted by Crippen LogP contribution is 2.24. The van der Waals surface area contributed by atoms with Gasteiger partial charge in [0.2, 0.25) is 15.9 Å². The molecule has 0 atom stereocenters. The summed E-state index contributed by atoms with van der Waals surface area (Å²) in [6.45, 7) is -0.412. The lowest BCUT2D eigenvalue weighted by Crippen LogP contribution is -2.37. The Morgan fingerprint density at radius 2 is 1.60 bits per heavy atom. The largest absolute Gasteiger partial charge is 0.497 e. The van der Waals surface area contributed by atoms with Crippen molar-refractivity contribution in [3.8, 4) is 5.75 Å². The van der Waals surface area contributed by atoms with Gasteiger partial charge in [0.1, 0.15) is 5.75 Å². The van der Waals surface area contributed by atoms with Gasteiger partial charge in [-0.3, -0.25) is 4.79 Å². The van der Waals surface area contributed by atoms with Gasteiger partial charge in [-0.15, -0.1) is 0 Å². The number of carbonyl (C=O) groups excluding carboxylic acids is 1. The van der Waals surface area contributed by atoms with Crippen LogP contribution >= 0.6 is 11.6 Å². The predicted molar refractivity (Wildman–Crippen MR) is 117 cm³/mol. The minimum atomic E-state index is -3.97. The van der Waals surface area contributed by atoms with Gasteiger partial charge < -0.3 is 10.1 Å². The average molecular weight is 445 g/mol. The molecule has 0 radical (unpaired) electrons. The topological polar surface area (TPSA) is 75.7 Å². The van der Waals surface area contributed by atoms with E-state index in [9.17, 15) is 13.2 Å². The Morgan fingerprint density at radius 1 is 0.967 bits per heavy atom. The van der Waals surface area contributed by atoms with Gasteiger partial charge in [0, 0.05) is 17.3 Å². The number of anilines is 1. The lowest BCUT2D eigenvalue weighted by atomic mass is 10.2. The number of nitrogens with zero attached hydrogens (tertiary/aromatic N) is 1. The Labute approximate surface area is 181 Å². The Kier molecular flexibility index (Phi) is 7.10. The number of ether oxygens (including phenoxy) is 1. The molecular formula is C22H21ClN2O4S. The second-order valence-electron chi connectivity index (χ2n) is 6.45. The second kappa shape index (κ2) is 9.75. The first-order chi connectivity index (χ1) is 14.4. The van der Waals surface area contributed by atoms with Gasteiger partial charge in [-0.25, -0.2) is 8.42 Å². The van der Waals surface area contributed by atoms with Crippen LogP contribution < -0.4 is 10.1 Å². The minimum Gasteiger partial charge on any atom is -0.497 e. The number of hydrogen-bond acceptors (Lipinski definition) is 4. The average Bonchev–Trinajstić information content (AvgIpc) is 2.75. The summed E-state index contributed by atoms with van der Waals surface area (Å²) in [6.07, 6.45) is 0. The zero-order valence-electron chi connectivity index (χ0n) is 16.3. The number of nitrogens with one attached hydrogen (secondary N) is 1. The standard InChI is InChI=1S/C22H21ClN2O4S/c1-29-19-11-13-20(14-12-19)30(27,28)25(15-17-7-5-6-10-21(17)23)16-22(26)24-18-8-3-2-4-9-18/h2-14H,15-16H2,1H3,(H,24,26). The molecule has 3 aromatic carbocycles. The number of para-hydroxylation sites is 1. The molecule has 0 saturated heterocycles. The van der Waals surface area contributed by atoms with Crippen molar-refractivity contribution in [2.24, 2.45) is 0 Å². The van der Waals surface area contributed by atoms with Crippen molar-refractivity contribution in [1.29, 1.82) is 0 Å². The Hall–Kier alpha value is -2.87. The van der Waals surface area contributed by atoms with Gasteiger partial charge in [-0.1, -0.05) is 48.0 Å². The summed E-state index contributed by atoms with van der Waals surface area (Å²) in [6, 6.07) is 21.8. The van der Waals surface area contributed by atoms with E-state index in [-0.39, 0.29) is 18.0 Å². The summed E-state index contributed by atoms with van der Waals surface area (Å²) in [5.74, 6) is 0.0822. The molecule has 0 spiro atoms. The normalized spacial score (nSPS) is 11.3. The van der Waals surface area contributed by atoms with Crippen LogP contribution in [0.2, 0.25) is 5.02 Å². The molecule has 0 unspecified atom stereocenters. The maximum Gasteiger partial charge on any atom is 0.243 e. The van der Waals surface area contributed by atoms with Crippen molar-refractivity contribution < 1.29 is 17.9 Å². The maximum atomic E-state index is 13.3. The summed E-state index contributed by atoms with van der Waals surface area (Å²) in [5, 5.41) is 3.14. The van der Waals surface area contributed by atoms with Crippen molar-refractivity contribution in [1.82, 2.24) is 4.31 Å². The molecule has 0 fully saturated rings. The van der Waals surface area contributed by atoms with E-state index >= 15 is 0 Å². The molecule has 0 heterocycles. The molecule has 30 heavy (non-hydrogen) atoms. The summed E-state index contributed by atoms with van der Waals surface area (Å²) < 4.78 is 32.8. The van der Waals surface area contributed by atoms with Crippen molar-refractivity contribution in [2.75, 3.05) is 19.0 Å². The fourth-order valence-electron chi connectivity index (χ4n) is 2.82. The van der Waals surface area contributed by atoms with Crippen LogP contribution in [0.3, 0.4) is 0 Å². The molecule has 8 heteroatoms. The van der Waals surface area contributed by atoms with Gasteiger partial charge in [0.15, 0.2) is 0 Å². The van der Waals surface area contributed by atoms with Gasteiger partial charge in [0.25, 0.3) is 0 Å². The number of benzene rings is 3. The first-order valence-electron chi connectivity index (χ1n) is 9.12. The van der Waals surface area contributed by atoms with Crippen LogP contribution in [-0.4, -0.2) is 32.3 Å². The van der Waals surface area contributed by atoms with Crippen LogP contribution in [0.1, 0.15) is 5.56 Å². The van der Waals surface area contributed by atoms with E-state index in [1.54, 1.807) is 60.7 Å². The SMILES string of the molecule is COc1ccc(S(=O)(=O)N(CC(=O)Nc2ccccc2)Cc2ccccc2Cl)cc1. The monoisotopic (exact) mass is 444 g/mol. The molecule has 0 aromatic heterocycles. The summed E-state index contributed by atoms with van der Waals surface area (Å²) in [5.41, 5.74) is 1.19. The van der Waals surface area contributed by atoms with Crippen molar-refractivity contribution >= 4 is 33.2 Å². The highest BCUT2D eigenvalue weighted by molar-refractivity contribution is 7.89. The van der Waals surface area contributed by atoms with E-state index < -0.39 is 15.9 Å². The van der Waals surface area contributed by atoms with E-state index in [1.165, 1.54) is 19.2 Å². The molecule has 3 rings (SSSR count). The van der Waals surface area contributed by atoms with Crippen LogP contribution in [0.25, 0.3) is 0 Å². The number of halogens is 1. The molecule has 0 aliphatic heterocycles. The van der Waals surface area contributed by atoms with E-state index in [2.05, 4.69) is 5.32 Å². The minimum absolute atomic E-state index is 0.0454. The third-order valence-corrected chi connectivity index (χ3v) is 6.55. The first kappa shape index (κ1) is 21.8. The molecule has 3 aromatic rings. The number of hydrogen-bond donors (Lipinski definition) is 1. The van der Waals surface area contributed by atoms with E-state index in [1.807, 2.05) is 6.07 Å². The van der Waals surface area contributed by atoms with Crippen molar-refractivity contribution in [3.63, 3.8) is 0 Å². The van der Waals surface area contributed by atoms with Gasteiger partial charge in [0.05, 0.1) is 18.6 Å². The number of rotatable bonds is 8. The third-order valence-electron chi connectivity index (χ3n) is 4.38. The molecule has 1 N–H and O–H groups in total. The van der Waals surface area contributed by atoms with Crippen LogP contribution in [0.4, 0.5) is 5.69 Å². The highest BCUT2D eigenvalue weighted by Gasteiger charge is 2.27. The van der Waals surface area contributed by atoms with Gasteiger partial charge in [-0.05, 0) is 48.0 Å². The van der Waals surface area contributed by atoms with Crippen LogP contribution in [0, 0.1) is 0 Å². The fraction of sp³-hybridized carbons (Fsp3) is 0.136. The number of sulfonamides is 1. The lowest BCUT2D eigenvalue weighted by molar-refractivity contribution is -0.116. The molecule has 6 nitrogen and oxygen atoms in total. The molecule has 1 amide bonds. The van der Waals surface area contributed by atoms with Crippen molar-refractivity contribution in [3.05, 3.63) is 89.4 Å². The third kappa shape index (κ3) is 5.38. The van der Waals surface area contributed by atoms with Gasteiger partial charge in [-0.2, -0.15) is 4.31 Å². The van der Waals surface area contributed by atoms with Crippen LogP contribution in [0.15, 0.2) is 83.8 Å². The Morgan fingerprint density at radius 3 is 2.23 bits per heavy atom. The Bertz CT molecular complexity index is 1100. The molecule has 0 bridgehead atoms. The predicted octanol–water partition coefficient (Wildman–Crippen LogP) is 4.18. The summed E-state index contributed by atoms with van der Waals surface area (Å²) >= 11 is 6.23. The van der Waals surface area contributed by atoms with E-state index in [4.69, 9.17) is 16.3 Å². The summed E-state index contributed by atoms with van der Waals surface area (Å²) in [4.78, 5) is 12.7. The molecule has 0 saturated carbocycles. The smallest absolute Gasteiger partial charge is 0.243 e. The van der Waals surface area contributed by atoms with Gasteiger partial charge >= 0.3 is 0 Å². The Balaban J connectivity index is 1.89. The molecule has 0 aliphatic carbocycles. The van der Waals surface area contributed by atoms with E-state index in [0.29, 0.717) is 22.0 Å². The molecule has 156 valence electrons. The first-order valence-corrected chi connectivity index (χ1v) is 10.9. The summed E-state index contributed by atoms with van der Waals surface area (Å²) in [7, 11) is -2.47. The molecule has 0 aliphatic rings. The maximum absolute atomic E-state index is 13.3. The van der Waals surface area contributed by atoms with Crippen LogP contribution in [-0.2, 0) is 21.4 Å². The second-order valence-corrected chi connectivity index (χ2v) is 8.80. The number of methoxy groups -OCH3 is 1. The quantitative estimate of drug-likeness (QED) is 0.565. The van der Waals surface area contributed by atoms with Crippen LogP contribution in [0.5, 0.6) is 5.75 Å². The number of amides is 1. The zero-order valence-corrected chi connectivity index (χ0v) is 17.9.